The second kappa shape index (κ2) is 4.18. The number of halogens is 1. The van der Waals surface area contributed by atoms with Crippen LogP contribution >= 0.6 is 0 Å². The molecule has 2 atom stereocenters. The molecule has 1 aliphatic heterocycles. The molecule has 0 aromatic rings. The van der Waals surface area contributed by atoms with Gasteiger partial charge in [-0.25, -0.2) is 0 Å². The molecule has 1 heterocycles. The molecule has 1 saturated heterocycles. The summed E-state index contributed by atoms with van der Waals surface area (Å²) in [6.45, 7) is 5.76. The van der Waals surface area contributed by atoms with E-state index >= 15 is 0 Å². The Morgan fingerprint density at radius 2 is 2.20 bits per heavy atom. The predicted molar refractivity (Wildman–Crippen MR) is 54.6 cm³/mol. The molecule has 1 fully saturated rings. The van der Waals surface area contributed by atoms with Crippen molar-refractivity contribution in [2.45, 2.75) is 20.8 Å². The van der Waals surface area contributed by atoms with Crippen molar-refractivity contribution < 1.29 is 9.18 Å². The molecular formula is C11H17FN2O. The van der Waals surface area contributed by atoms with Crippen LogP contribution in [0.1, 0.15) is 20.8 Å². The number of alkyl halides is 1. The second-order valence-corrected chi connectivity index (χ2v) is 4.84. The molecule has 1 rings (SSSR count). The molecule has 15 heavy (non-hydrogen) atoms. The van der Waals surface area contributed by atoms with Crippen molar-refractivity contribution in [2.75, 3.05) is 19.8 Å². The van der Waals surface area contributed by atoms with Gasteiger partial charge in [-0.15, -0.1) is 0 Å². The fourth-order valence-electron chi connectivity index (χ4n) is 1.84. The zero-order chi connectivity index (χ0) is 11.6. The zero-order valence-corrected chi connectivity index (χ0v) is 9.46. The highest BCUT2D eigenvalue weighted by atomic mass is 19.1. The molecule has 1 amide bonds. The Hall–Kier alpha value is -1.11. The molecule has 0 bridgehead atoms. The summed E-state index contributed by atoms with van der Waals surface area (Å²) in [5.74, 6) is -0.0651. The van der Waals surface area contributed by atoms with Crippen LogP contribution in [0.3, 0.4) is 0 Å². The average molecular weight is 212 g/mol. The first kappa shape index (κ1) is 12.0. The van der Waals surface area contributed by atoms with Crippen LogP contribution in [-0.4, -0.2) is 30.6 Å². The van der Waals surface area contributed by atoms with Gasteiger partial charge in [-0.2, -0.15) is 5.26 Å². The number of hydrogen-bond acceptors (Lipinski definition) is 2. The molecular weight excluding hydrogens is 195 g/mol. The van der Waals surface area contributed by atoms with Crippen molar-refractivity contribution in [2.24, 2.45) is 17.3 Å². The number of carbonyl (C=O) groups excluding carboxylic acids is 1. The van der Waals surface area contributed by atoms with Gasteiger partial charge in [-0.05, 0) is 19.8 Å². The summed E-state index contributed by atoms with van der Waals surface area (Å²) in [6.07, 6.45) is 0. The van der Waals surface area contributed by atoms with E-state index in [0.29, 0.717) is 13.1 Å². The summed E-state index contributed by atoms with van der Waals surface area (Å²) >= 11 is 0. The van der Waals surface area contributed by atoms with E-state index in [4.69, 9.17) is 5.26 Å². The van der Waals surface area contributed by atoms with E-state index < -0.39 is 12.1 Å². The predicted octanol–water partition coefficient (Wildman–Crippen LogP) is 1.60. The molecule has 2 unspecified atom stereocenters. The Bertz CT molecular complexity index is 295. The molecule has 0 aromatic carbocycles. The monoisotopic (exact) mass is 212 g/mol. The van der Waals surface area contributed by atoms with Gasteiger partial charge < -0.3 is 4.90 Å². The molecule has 0 saturated carbocycles. The zero-order valence-electron chi connectivity index (χ0n) is 9.46. The van der Waals surface area contributed by atoms with Gasteiger partial charge in [0, 0.05) is 19.0 Å². The minimum atomic E-state index is -0.995. The van der Waals surface area contributed by atoms with Crippen molar-refractivity contribution in [3.63, 3.8) is 0 Å². The maximum atomic E-state index is 12.6. The summed E-state index contributed by atoms with van der Waals surface area (Å²) in [5.41, 5.74) is -0.995. The van der Waals surface area contributed by atoms with E-state index in [0.717, 1.165) is 0 Å². The standard InChI is InChI=1S/C11H17FN2O/c1-8-5-14(6-9(8)4-12)10(15)11(2,3)7-13/h8-9H,4-6H2,1-3H3. The van der Waals surface area contributed by atoms with Crippen LogP contribution < -0.4 is 0 Å². The van der Waals surface area contributed by atoms with Gasteiger partial charge >= 0.3 is 0 Å². The Morgan fingerprint density at radius 3 is 2.60 bits per heavy atom. The molecule has 3 nitrogen and oxygen atoms in total. The van der Waals surface area contributed by atoms with Crippen molar-refractivity contribution in [3.05, 3.63) is 0 Å². The lowest BCUT2D eigenvalue weighted by molar-refractivity contribution is -0.136. The van der Waals surface area contributed by atoms with Crippen LogP contribution in [0.4, 0.5) is 4.39 Å². The summed E-state index contributed by atoms with van der Waals surface area (Å²) < 4.78 is 12.6. The average Bonchev–Trinajstić information content (AvgIpc) is 2.58. The number of nitrogens with zero attached hydrogens (tertiary/aromatic N) is 2. The van der Waals surface area contributed by atoms with Crippen LogP contribution in [0.15, 0.2) is 0 Å². The van der Waals surface area contributed by atoms with Crippen molar-refractivity contribution >= 4 is 5.91 Å². The summed E-state index contributed by atoms with van der Waals surface area (Å²) in [4.78, 5) is 13.5. The van der Waals surface area contributed by atoms with Gasteiger partial charge in [0.05, 0.1) is 12.7 Å². The Balaban J connectivity index is 2.70. The van der Waals surface area contributed by atoms with Crippen molar-refractivity contribution in [1.29, 1.82) is 5.26 Å². The summed E-state index contributed by atoms with van der Waals surface area (Å²) in [5, 5.41) is 8.84. The lowest BCUT2D eigenvalue weighted by Gasteiger charge is -2.23. The molecule has 0 N–H and O–H groups in total. The smallest absolute Gasteiger partial charge is 0.242 e. The fourth-order valence-corrected chi connectivity index (χ4v) is 1.84. The summed E-state index contributed by atoms with van der Waals surface area (Å²) in [7, 11) is 0. The molecule has 84 valence electrons. The van der Waals surface area contributed by atoms with Gasteiger partial charge in [0.25, 0.3) is 0 Å². The number of hydrogen-bond donors (Lipinski definition) is 0. The van der Waals surface area contributed by atoms with Crippen molar-refractivity contribution in [1.82, 2.24) is 4.90 Å². The van der Waals surface area contributed by atoms with E-state index in [9.17, 15) is 9.18 Å². The highest BCUT2D eigenvalue weighted by Gasteiger charge is 2.38. The Kier molecular flexibility index (Phi) is 3.33. The number of likely N-dealkylation sites (tertiary alicyclic amines) is 1. The third-order valence-corrected chi connectivity index (χ3v) is 3.07. The lowest BCUT2D eigenvalue weighted by atomic mass is 9.94. The van der Waals surface area contributed by atoms with Gasteiger partial charge in [-0.3, -0.25) is 9.18 Å². The highest BCUT2D eigenvalue weighted by Crippen LogP contribution is 2.27. The number of rotatable bonds is 2. The SMILES string of the molecule is CC1CN(C(=O)C(C)(C)C#N)CC1CF. The topological polar surface area (TPSA) is 44.1 Å². The number of carbonyl (C=O) groups is 1. The van der Waals surface area contributed by atoms with Gasteiger partial charge in [0.2, 0.25) is 5.91 Å². The van der Waals surface area contributed by atoms with Crippen LogP contribution in [0.5, 0.6) is 0 Å². The normalized spacial score (nSPS) is 26.5. The van der Waals surface area contributed by atoms with Crippen LogP contribution in [0.25, 0.3) is 0 Å². The molecule has 0 aliphatic carbocycles. The first-order valence-corrected chi connectivity index (χ1v) is 5.19. The summed E-state index contributed by atoms with van der Waals surface area (Å²) in [6, 6.07) is 1.98. The minimum absolute atomic E-state index is 0.0663. The maximum absolute atomic E-state index is 12.6. The largest absolute Gasteiger partial charge is 0.341 e. The molecule has 4 heteroatoms. The second-order valence-electron chi connectivity index (χ2n) is 4.84. The van der Waals surface area contributed by atoms with E-state index in [1.54, 1.807) is 18.7 Å². The van der Waals surface area contributed by atoms with Crippen molar-refractivity contribution in [3.8, 4) is 6.07 Å². The maximum Gasteiger partial charge on any atom is 0.242 e. The number of nitriles is 1. The fraction of sp³-hybridized carbons (Fsp3) is 0.818. The molecule has 0 radical (unpaired) electrons. The molecule has 0 aromatic heterocycles. The van der Waals surface area contributed by atoms with Gasteiger partial charge in [-0.1, -0.05) is 6.92 Å². The Morgan fingerprint density at radius 1 is 1.60 bits per heavy atom. The highest BCUT2D eigenvalue weighted by molar-refractivity contribution is 5.84. The lowest BCUT2D eigenvalue weighted by Crippen LogP contribution is -2.39. The van der Waals surface area contributed by atoms with E-state index in [1.165, 1.54) is 0 Å². The third-order valence-electron chi connectivity index (χ3n) is 3.07. The molecule has 1 aliphatic rings. The van der Waals surface area contributed by atoms with Crippen LogP contribution in [0, 0.1) is 28.6 Å². The van der Waals surface area contributed by atoms with Gasteiger partial charge in [0.15, 0.2) is 0 Å². The Labute approximate surface area is 89.9 Å². The minimum Gasteiger partial charge on any atom is -0.341 e. The van der Waals surface area contributed by atoms with Crippen LogP contribution in [-0.2, 0) is 4.79 Å². The number of amides is 1. The van der Waals surface area contributed by atoms with E-state index in [-0.39, 0.29) is 17.7 Å². The van der Waals surface area contributed by atoms with E-state index in [2.05, 4.69) is 0 Å². The quantitative estimate of drug-likeness (QED) is 0.697. The first-order valence-electron chi connectivity index (χ1n) is 5.19. The molecule has 0 spiro atoms. The van der Waals surface area contributed by atoms with E-state index in [1.807, 2.05) is 13.0 Å². The first-order chi connectivity index (χ1) is 6.92. The van der Waals surface area contributed by atoms with Crippen LogP contribution in [0.2, 0.25) is 0 Å². The van der Waals surface area contributed by atoms with Gasteiger partial charge in [0.1, 0.15) is 5.41 Å². The third kappa shape index (κ3) is 2.28.